The van der Waals surface area contributed by atoms with Crippen molar-refractivity contribution in [1.82, 2.24) is 19.7 Å². The zero-order valence-electron chi connectivity index (χ0n) is 30.6. The lowest BCUT2D eigenvalue weighted by Crippen LogP contribution is -2.61. The number of anilines is 2. The lowest BCUT2D eigenvalue weighted by molar-refractivity contribution is -0.215. The molecule has 2 aromatic carbocycles. The van der Waals surface area contributed by atoms with Gasteiger partial charge in [0.2, 0.25) is 0 Å². The van der Waals surface area contributed by atoms with Crippen LogP contribution in [0.3, 0.4) is 0 Å². The Morgan fingerprint density at radius 3 is 2.70 bits per heavy atom. The van der Waals surface area contributed by atoms with Crippen LogP contribution in [0.5, 0.6) is 0 Å². The van der Waals surface area contributed by atoms with E-state index in [2.05, 4.69) is 28.0 Å². The molecule has 6 aliphatic rings. The molecule has 274 valence electrons. The first-order valence-electron chi connectivity index (χ1n) is 18.7. The molecule has 5 aromatic rings. The Hall–Kier alpha value is -5.12. The summed E-state index contributed by atoms with van der Waals surface area (Å²) in [6.07, 6.45) is 9.45. The van der Waals surface area contributed by atoms with Gasteiger partial charge in [-0.3, -0.25) is 14.8 Å². The molecule has 5 unspecified atom stereocenters. The van der Waals surface area contributed by atoms with Crippen molar-refractivity contribution in [3.8, 4) is 17.2 Å². The van der Waals surface area contributed by atoms with E-state index in [-0.39, 0.29) is 28.0 Å². The first-order valence-corrected chi connectivity index (χ1v) is 19.6. The number of aromatic nitrogens is 4. The number of benzene rings is 2. The Labute approximate surface area is 317 Å². The summed E-state index contributed by atoms with van der Waals surface area (Å²) in [5, 5.41) is 28.8. The zero-order chi connectivity index (χ0) is 37.2. The van der Waals surface area contributed by atoms with E-state index in [0.717, 1.165) is 52.0 Å². The number of thiazole rings is 1. The quantitative estimate of drug-likeness (QED) is 0.164. The Morgan fingerprint density at radius 1 is 1.06 bits per heavy atom. The predicted molar refractivity (Wildman–Crippen MR) is 205 cm³/mol. The number of carboxylic acid groups (broad SMARTS) is 1. The second-order valence-electron chi connectivity index (χ2n) is 17.1. The first-order chi connectivity index (χ1) is 26.0. The third-order valence-corrected chi connectivity index (χ3v) is 14.5. The summed E-state index contributed by atoms with van der Waals surface area (Å²) >= 11 is 1.40. The standard InChI is InChI=1S/C42H41N7O4S/c1-24-29(16-44-49(24)23-41-19-39(2)18-40(14-33(40)41)21-42(20-39,22-41)53-3)27-10-11-34(46-35(27)37(51)52)48-13-12-26-25(15-43)8-9-28(30(26)17-48)36(50)47-38-45-31-6-4-5-7-32(31)54-38/h4-11,16,33H,12-14,17-23H2,1-3H3,(H,51,52)(H,45,47,50). The number of fused-ring (bicyclic) bond motifs is 2. The average Bonchev–Trinajstić information content (AvgIpc) is 3.53. The van der Waals surface area contributed by atoms with E-state index in [1.54, 1.807) is 18.3 Å². The van der Waals surface area contributed by atoms with Crippen LogP contribution in [0, 0.1) is 40.4 Å². The summed E-state index contributed by atoms with van der Waals surface area (Å²) in [4.78, 5) is 37.8. The molecule has 54 heavy (non-hydrogen) atoms. The molecule has 1 amide bonds. The summed E-state index contributed by atoms with van der Waals surface area (Å²) < 4.78 is 9.40. The maximum Gasteiger partial charge on any atom is 0.355 e. The van der Waals surface area contributed by atoms with Crippen LogP contribution in [-0.2, 0) is 24.2 Å². The molecule has 5 aliphatic carbocycles. The normalized spacial score (nSPS) is 28.8. The molecule has 5 atom stereocenters. The van der Waals surface area contributed by atoms with E-state index in [4.69, 9.17) is 14.8 Å². The number of hydrogen-bond acceptors (Lipinski definition) is 9. The van der Waals surface area contributed by atoms with Gasteiger partial charge in [-0.1, -0.05) is 30.4 Å². The van der Waals surface area contributed by atoms with Crippen LogP contribution in [-0.4, -0.2) is 56.0 Å². The summed E-state index contributed by atoms with van der Waals surface area (Å²) in [5.41, 5.74) is 6.31. The number of nitriles is 1. The molecule has 0 saturated heterocycles. The summed E-state index contributed by atoms with van der Waals surface area (Å²) in [6.45, 7) is 6.11. The lowest BCUT2D eigenvalue weighted by atomic mass is 9.43. The number of pyridine rings is 1. The third-order valence-electron chi connectivity index (χ3n) is 13.6. The van der Waals surface area contributed by atoms with Crippen LogP contribution >= 0.6 is 11.3 Å². The number of nitrogens with one attached hydrogen (secondary N) is 1. The molecule has 2 N–H and O–H groups in total. The number of nitrogens with zero attached hydrogens (tertiary/aromatic N) is 6. The fraction of sp³-hybridized carbons (Fsp3) is 0.429. The van der Waals surface area contributed by atoms with Gasteiger partial charge in [0.15, 0.2) is 10.8 Å². The van der Waals surface area contributed by atoms with Crippen LogP contribution in [0.2, 0.25) is 0 Å². The van der Waals surface area contributed by atoms with Gasteiger partial charge in [-0.05, 0) is 122 Å². The molecule has 5 saturated carbocycles. The highest BCUT2D eigenvalue weighted by molar-refractivity contribution is 7.22. The number of rotatable bonds is 8. The molecule has 5 fully saturated rings. The first kappa shape index (κ1) is 33.4. The molecule has 4 bridgehead atoms. The van der Waals surface area contributed by atoms with Crippen LogP contribution in [0.25, 0.3) is 21.3 Å². The molecule has 11 nitrogen and oxygen atoms in total. The van der Waals surface area contributed by atoms with Crippen molar-refractivity contribution in [2.24, 2.45) is 22.2 Å². The number of amides is 1. The lowest BCUT2D eigenvalue weighted by Gasteiger charge is -2.65. The van der Waals surface area contributed by atoms with Gasteiger partial charge in [0.25, 0.3) is 5.91 Å². The minimum Gasteiger partial charge on any atom is -0.476 e. The largest absolute Gasteiger partial charge is 0.476 e. The van der Waals surface area contributed by atoms with E-state index < -0.39 is 5.97 Å². The molecular formula is C42H41N7O4S. The second kappa shape index (κ2) is 11.4. The summed E-state index contributed by atoms with van der Waals surface area (Å²) in [7, 11) is 1.90. The second-order valence-corrected chi connectivity index (χ2v) is 18.1. The van der Waals surface area contributed by atoms with E-state index >= 15 is 0 Å². The maximum atomic E-state index is 13.7. The van der Waals surface area contributed by atoms with Gasteiger partial charge < -0.3 is 14.7 Å². The van der Waals surface area contributed by atoms with Crippen LogP contribution in [0.4, 0.5) is 10.9 Å². The van der Waals surface area contributed by atoms with Gasteiger partial charge in [-0.2, -0.15) is 10.4 Å². The molecule has 1 spiro atoms. The molecule has 0 radical (unpaired) electrons. The molecule has 4 heterocycles. The predicted octanol–water partition coefficient (Wildman–Crippen LogP) is 7.62. The minimum atomic E-state index is -1.12. The monoisotopic (exact) mass is 739 g/mol. The topological polar surface area (TPSA) is 146 Å². The third kappa shape index (κ3) is 4.97. The number of aromatic carboxylic acids is 1. The van der Waals surface area contributed by atoms with E-state index in [1.165, 1.54) is 37.0 Å². The van der Waals surface area contributed by atoms with Gasteiger partial charge in [-0.15, -0.1) is 0 Å². The Morgan fingerprint density at radius 2 is 1.91 bits per heavy atom. The fourth-order valence-electron chi connectivity index (χ4n) is 12.0. The van der Waals surface area contributed by atoms with E-state index in [1.807, 2.05) is 55.3 Å². The Bertz CT molecular complexity index is 2440. The number of hydrogen-bond donors (Lipinski definition) is 2. The zero-order valence-corrected chi connectivity index (χ0v) is 31.4. The molecule has 3 aromatic heterocycles. The number of methoxy groups -OCH3 is 1. The highest BCUT2D eigenvalue weighted by Crippen LogP contribution is 2.84. The van der Waals surface area contributed by atoms with Crippen molar-refractivity contribution in [3.05, 3.63) is 88.4 Å². The van der Waals surface area contributed by atoms with Gasteiger partial charge in [0.05, 0.1) is 33.6 Å². The van der Waals surface area contributed by atoms with Gasteiger partial charge >= 0.3 is 5.97 Å². The minimum absolute atomic E-state index is 0.0395. The highest BCUT2D eigenvalue weighted by Gasteiger charge is 2.78. The SMILES string of the molecule is COC12CC3(C)CC4(CC4C(Cn4ncc(-c5ccc(N6CCc7c(C#N)ccc(C(=O)Nc8nc9ccccc9s8)c7C6)nc5C(=O)O)c4C)(C3)C1)C2. The molecule has 11 rings (SSSR count). The molecule has 12 heteroatoms. The molecular weight excluding hydrogens is 699 g/mol. The Balaban J connectivity index is 0.936. The van der Waals surface area contributed by atoms with Gasteiger partial charge in [0.1, 0.15) is 5.82 Å². The van der Waals surface area contributed by atoms with Gasteiger partial charge in [-0.25, -0.2) is 14.8 Å². The van der Waals surface area contributed by atoms with E-state index in [0.29, 0.717) is 58.5 Å². The van der Waals surface area contributed by atoms with Crippen LogP contribution in [0.1, 0.15) is 88.7 Å². The Kier molecular flexibility index (Phi) is 7.09. The summed E-state index contributed by atoms with van der Waals surface area (Å²) in [6, 6.07) is 17.1. The number of para-hydroxylation sites is 1. The number of ether oxygens (including phenoxy) is 1. The number of carboxylic acids is 1. The van der Waals surface area contributed by atoms with E-state index in [9.17, 15) is 20.0 Å². The molecule has 1 aliphatic heterocycles. The highest BCUT2D eigenvalue weighted by atomic mass is 32.1. The summed E-state index contributed by atoms with van der Waals surface area (Å²) in [5.74, 6) is -0.231. The van der Waals surface area contributed by atoms with Crippen molar-refractivity contribution in [1.29, 1.82) is 5.26 Å². The van der Waals surface area contributed by atoms with Crippen molar-refractivity contribution in [2.45, 2.75) is 77.5 Å². The van der Waals surface area contributed by atoms with Crippen molar-refractivity contribution in [3.63, 3.8) is 0 Å². The smallest absolute Gasteiger partial charge is 0.355 e. The number of carbonyl (C=O) groups excluding carboxylic acids is 1. The van der Waals surface area contributed by atoms with Crippen LogP contribution in [0.15, 0.2) is 54.7 Å². The maximum absolute atomic E-state index is 13.7. The van der Waals surface area contributed by atoms with Gasteiger partial charge in [0, 0.05) is 49.1 Å². The fourth-order valence-corrected chi connectivity index (χ4v) is 12.9. The van der Waals surface area contributed by atoms with Crippen molar-refractivity contribution >= 4 is 44.4 Å². The van der Waals surface area contributed by atoms with Crippen molar-refractivity contribution < 1.29 is 19.4 Å². The van der Waals surface area contributed by atoms with Crippen molar-refractivity contribution in [2.75, 3.05) is 23.9 Å². The number of carbonyl (C=O) groups is 2. The van der Waals surface area contributed by atoms with Crippen LogP contribution < -0.4 is 10.2 Å². The average molecular weight is 740 g/mol.